The van der Waals surface area contributed by atoms with E-state index in [-0.39, 0.29) is 30.0 Å². The Bertz CT molecular complexity index is 1100. The van der Waals surface area contributed by atoms with Gasteiger partial charge >= 0.3 is 11.9 Å². The van der Waals surface area contributed by atoms with Crippen molar-refractivity contribution in [2.45, 2.75) is 97.8 Å². The number of esters is 2. The van der Waals surface area contributed by atoms with E-state index < -0.39 is 22.8 Å². The van der Waals surface area contributed by atoms with Crippen molar-refractivity contribution in [3.05, 3.63) is 56.4 Å². The second-order valence-electron chi connectivity index (χ2n) is 10.1. The Morgan fingerprint density at radius 3 is 2.07 bits per heavy atom. The second kappa shape index (κ2) is 18.1. The molecule has 41 heavy (non-hydrogen) atoms. The highest BCUT2D eigenvalue weighted by Crippen LogP contribution is 2.44. The number of non-ortho nitro benzene ring substituents is 1. The molecule has 1 aromatic carbocycles. The first-order valence-corrected chi connectivity index (χ1v) is 15.0. The topological polar surface area (TPSA) is 143 Å². The lowest BCUT2D eigenvalue weighted by atomic mass is 9.79. The normalized spacial score (nSPS) is 15.0. The third-order valence-corrected chi connectivity index (χ3v) is 7.01. The van der Waals surface area contributed by atoms with Crippen molar-refractivity contribution in [1.82, 2.24) is 5.32 Å². The van der Waals surface area contributed by atoms with Gasteiger partial charge < -0.3 is 25.3 Å². The zero-order valence-corrected chi connectivity index (χ0v) is 25.1. The maximum atomic E-state index is 13.4. The summed E-state index contributed by atoms with van der Waals surface area (Å²) >= 11 is 0. The number of carbonyl (C=O) groups excluding carboxylic acids is 2. The van der Waals surface area contributed by atoms with Crippen molar-refractivity contribution in [3.63, 3.8) is 0 Å². The first-order chi connectivity index (χ1) is 19.8. The van der Waals surface area contributed by atoms with Crippen LogP contribution in [0.2, 0.25) is 0 Å². The summed E-state index contributed by atoms with van der Waals surface area (Å²) in [6.45, 7) is 8.54. The predicted octanol–water partition coefficient (Wildman–Crippen LogP) is 6.19. The molecule has 2 rings (SSSR count). The number of allylic oxidation sites excluding steroid dienone is 2. The largest absolute Gasteiger partial charge is 0.493 e. The number of dihydropyridines is 1. The van der Waals surface area contributed by atoms with Gasteiger partial charge in [-0.2, -0.15) is 0 Å². The van der Waals surface area contributed by atoms with E-state index in [9.17, 15) is 19.7 Å². The van der Waals surface area contributed by atoms with Crippen LogP contribution in [-0.4, -0.2) is 43.2 Å². The maximum absolute atomic E-state index is 13.4. The van der Waals surface area contributed by atoms with E-state index >= 15 is 0 Å². The van der Waals surface area contributed by atoms with E-state index in [1.165, 1.54) is 31.4 Å². The number of carbonyl (C=O) groups is 2. The van der Waals surface area contributed by atoms with Crippen LogP contribution in [0.5, 0.6) is 5.75 Å². The summed E-state index contributed by atoms with van der Waals surface area (Å²) in [4.78, 5) is 38.0. The Kier molecular flexibility index (Phi) is 14.9. The van der Waals surface area contributed by atoms with Crippen molar-refractivity contribution < 1.29 is 28.7 Å². The lowest BCUT2D eigenvalue weighted by Gasteiger charge is -2.32. The molecule has 0 radical (unpaired) electrons. The second-order valence-corrected chi connectivity index (χ2v) is 10.1. The molecule has 0 amide bonds. The number of unbranched alkanes of at least 4 members (excludes halogenated alkanes) is 7. The van der Waals surface area contributed by atoms with Crippen molar-refractivity contribution >= 4 is 17.6 Å². The minimum Gasteiger partial charge on any atom is -0.493 e. The molecule has 0 bridgehead atoms. The van der Waals surface area contributed by atoms with E-state index in [0.29, 0.717) is 35.7 Å². The minimum atomic E-state index is -0.959. The molecule has 1 heterocycles. The third-order valence-electron chi connectivity index (χ3n) is 7.01. The number of benzene rings is 1. The molecule has 228 valence electrons. The molecule has 1 atom stereocenters. The molecule has 0 aliphatic carbocycles. The van der Waals surface area contributed by atoms with Crippen LogP contribution in [0.25, 0.3) is 0 Å². The third kappa shape index (κ3) is 9.88. The molecular formula is C31H47N3O7. The number of hydrogen-bond donors (Lipinski definition) is 2. The highest BCUT2D eigenvalue weighted by Gasteiger charge is 2.40. The molecule has 10 nitrogen and oxygen atoms in total. The Balaban J connectivity index is 2.44. The number of nitrogens with one attached hydrogen (secondary N) is 1. The van der Waals surface area contributed by atoms with Gasteiger partial charge in [0, 0.05) is 29.1 Å². The van der Waals surface area contributed by atoms with Crippen LogP contribution in [0.15, 0.2) is 40.7 Å². The first kappa shape index (κ1) is 33.8. The summed E-state index contributed by atoms with van der Waals surface area (Å²) in [5, 5.41) is 15.0. The van der Waals surface area contributed by atoms with Crippen LogP contribution in [0, 0.1) is 10.1 Å². The number of rotatable bonds is 19. The average Bonchev–Trinajstić information content (AvgIpc) is 2.94. The summed E-state index contributed by atoms with van der Waals surface area (Å²) in [5.41, 5.74) is 7.33. The van der Waals surface area contributed by atoms with Crippen molar-refractivity contribution in [3.8, 4) is 5.75 Å². The van der Waals surface area contributed by atoms with Gasteiger partial charge in [-0.1, -0.05) is 51.9 Å². The maximum Gasteiger partial charge on any atom is 0.336 e. The summed E-state index contributed by atoms with van der Waals surface area (Å²) in [6, 6.07) is 4.32. The molecule has 1 aromatic rings. The summed E-state index contributed by atoms with van der Waals surface area (Å²) < 4.78 is 17.0. The first-order valence-electron chi connectivity index (χ1n) is 15.0. The van der Waals surface area contributed by atoms with Crippen LogP contribution in [-0.2, 0) is 19.1 Å². The zero-order valence-electron chi connectivity index (χ0n) is 25.1. The summed E-state index contributed by atoms with van der Waals surface area (Å²) in [7, 11) is 0. The number of nitro benzene ring substituents is 1. The van der Waals surface area contributed by atoms with Gasteiger partial charge in [0.2, 0.25) is 0 Å². The highest BCUT2D eigenvalue weighted by molar-refractivity contribution is 6.00. The van der Waals surface area contributed by atoms with Gasteiger partial charge in [-0.05, 0) is 52.6 Å². The number of nitrogens with two attached hydrogens (primary N) is 1. The van der Waals surface area contributed by atoms with E-state index in [1.807, 2.05) is 6.92 Å². The van der Waals surface area contributed by atoms with Crippen molar-refractivity contribution in [2.24, 2.45) is 5.73 Å². The van der Waals surface area contributed by atoms with Crippen LogP contribution in [0.3, 0.4) is 0 Å². The van der Waals surface area contributed by atoms with Gasteiger partial charge in [0.15, 0.2) is 0 Å². The van der Waals surface area contributed by atoms with Gasteiger partial charge in [-0.15, -0.1) is 0 Å². The fraction of sp³-hybridized carbons (Fsp3) is 0.613. The Morgan fingerprint density at radius 1 is 0.927 bits per heavy atom. The molecule has 0 fully saturated rings. The molecule has 0 spiro atoms. The quantitative estimate of drug-likeness (QED) is 0.0856. The van der Waals surface area contributed by atoms with Crippen LogP contribution < -0.4 is 15.8 Å². The van der Waals surface area contributed by atoms with Crippen molar-refractivity contribution in [2.75, 3.05) is 26.4 Å². The Hall–Kier alpha value is -3.40. The summed E-state index contributed by atoms with van der Waals surface area (Å²) in [6.07, 6.45) is 9.94. The van der Waals surface area contributed by atoms with E-state index in [1.54, 1.807) is 26.8 Å². The minimum absolute atomic E-state index is 0.133. The molecule has 1 aliphatic heterocycles. The number of ether oxygens (including phenoxy) is 3. The smallest absolute Gasteiger partial charge is 0.336 e. The Labute approximate surface area is 243 Å². The molecule has 1 unspecified atom stereocenters. The van der Waals surface area contributed by atoms with Gasteiger partial charge in [0.25, 0.3) is 5.69 Å². The van der Waals surface area contributed by atoms with Crippen molar-refractivity contribution in [1.29, 1.82) is 0 Å². The monoisotopic (exact) mass is 573 g/mol. The Morgan fingerprint density at radius 2 is 1.51 bits per heavy atom. The fourth-order valence-electron chi connectivity index (χ4n) is 5.08. The molecule has 3 N–H and O–H groups in total. The van der Waals surface area contributed by atoms with Crippen LogP contribution in [0.1, 0.15) is 103 Å². The molecule has 0 saturated heterocycles. The summed E-state index contributed by atoms with van der Waals surface area (Å²) in [5.74, 6) is -1.77. The number of nitro groups is 1. The number of hydrogen-bond acceptors (Lipinski definition) is 9. The molecular weight excluding hydrogens is 526 g/mol. The molecule has 0 aromatic heterocycles. The predicted molar refractivity (Wildman–Crippen MR) is 158 cm³/mol. The fourth-order valence-corrected chi connectivity index (χ4v) is 5.08. The van der Waals surface area contributed by atoms with Crippen LogP contribution >= 0.6 is 0 Å². The van der Waals surface area contributed by atoms with E-state index in [2.05, 4.69) is 5.32 Å². The lowest BCUT2D eigenvalue weighted by Crippen LogP contribution is -2.33. The van der Waals surface area contributed by atoms with E-state index in [0.717, 1.165) is 45.1 Å². The molecule has 10 heteroatoms. The molecule has 0 saturated carbocycles. The van der Waals surface area contributed by atoms with Gasteiger partial charge in [0.05, 0.1) is 41.8 Å². The average molecular weight is 574 g/mol. The van der Waals surface area contributed by atoms with Crippen LogP contribution in [0.4, 0.5) is 5.69 Å². The van der Waals surface area contributed by atoms with Gasteiger partial charge in [0.1, 0.15) is 5.75 Å². The lowest BCUT2D eigenvalue weighted by molar-refractivity contribution is -0.384. The van der Waals surface area contributed by atoms with E-state index in [4.69, 9.17) is 19.9 Å². The standard InChI is InChI=1S/C31H47N3O7/c1-5-16-25-29(31(36)40-7-3)28(27(22(4)33-25)30(35)39-6-2)24-21-23(34(37)38)17-18-26(24)41-20-15-13-11-9-8-10-12-14-19-32/h17-18,21,28,33H,5-16,19-20,32H2,1-4H3. The van der Waals surface area contributed by atoms with Gasteiger partial charge in [-0.3, -0.25) is 10.1 Å². The number of nitrogens with zero attached hydrogens (tertiary/aromatic N) is 1. The SMILES string of the molecule is CCCC1=C(C(=O)OCC)C(c2cc([N+](=O)[O-])ccc2OCCCCCCCCCCN)C(C(=O)OCC)=C(C)N1. The van der Waals surface area contributed by atoms with Gasteiger partial charge in [-0.25, -0.2) is 9.59 Å². The zero-order chi connectivity index (χ0) is 30.2. The molecule has 1 aliphatic rings. The highest BCUT2D eigenvalue weighted by atomic mass is 16.6.